The molecule has 0 aliphatic heterocycles. The highest BCUT2D eigenvalue weighted by atomic mass is 19.1. The normalized spacial score (nSPS) is 12.2. The number of halogens is 1. The molecule has 2 N–H and O–H groups in total. The van der Waals surface area contributed by atoms with E-state index < -0.39 is 4.92 Å². The zero-order chi connectivity index (χ0) is 14.7. The van der Waals surface area contributed by atoms with E-state index in [1.807, 2.05) is 0 Å². The summed E-state index contributed by atoms with van der Waals surface area (Å²) >= 11 is 0. The first-order valence-corrected chi connectivity index (χ1v) is 6.22. The third kappa shape index (κ3) is 3.19. The number of nitro groups is 1. The third-order valence-electron chi connectivity index (χ3n) is 3.23. The van der Waals surface area contributed by atoms with Gasteiger partial charge in [-0.25, -0.2) is 4.39 Å². The van der Waals surface area contributed by atoms with E-state index in [9.17, 15) is 14.5 Å². The van der Waals surface area contributed by atoms with Crippen molar-refractivity contribution < 1.29 is 9.31 Å². The lowest BCUT2D eigenvalue weighted by Crippen LogP contribution is -2.13. The maximum absolute atomic E-state index is 13.5. The molecule has 0 aromatic heterocycles. The molecule has 104 valence electrons. The monoisotopic (exact) mass is 274 g/mol. The Morgan fingerprint density at radius 2 is 1.90 bits per heavy atom. The summed E-state index contributed by atoms with van der Waals surface area (Å²) in [6.45, 7) is 1.70. The SMILES string of the molecule is Cc1ccc(C(N)Cc2ccc([N+](=O)[O-])cc2)cc1F. The molecule has 0 amide bonds. The average Bonchev–Trinajstić information content (AvgIpc) is 2.42. The predicted molar refractivity (Wildman–Crippen MR) is 74.9 cm³/mol. The van der Waals surface area contributed by atoms with Gasteiger partial charge in [0, 0.05) is 18.2 Å². The van der Waals surface area contributed by atoms with Crippen LogP contribution in [-0.2, 0) is 6.42 Å². The minimum atomic E-state index is -0.445. The Kier molecular flexibility index (Phi) is 4.10. The van der Waals surface area contributed by atoms with Gasteiger partial charge in [0.1, 0.15) is 5.82 Å². The number of nitro benzene ring substituents is 1. The number of rotatable bonds is 4. The van der Waals surface area contributed by atoms with Crippen molar-refractivity contribution in [1.29, 1.82) is 0 Å². The Balaban J connectivity index is 2.12. The number of non-ortho nitro benzene ring substituents is 1. The van der Waals surface area contributed by atoms with E-state index in [-0.39, 0.29) is 17.5 Å². The van der Waals surface area contributed by atoms with Crippen molar-refractivity contribution in [3.63, 3.8) is 0 Å². The van der Waals surface area contributed by atoms with Crippen molar-refractivity contribution in [3.8, 4) is 0 Å². The van der Waals surface area contributed by atoms with E-state index in [1.54, 1.807) is 31.2 Å². The summed E-state index contributed by atoms with van der Waals surface area (Å²) in [5.74, 6) is -0.276. The van der Waals surface area contributed by atoms with Gasteiger partial charge in [0.2, 0.25) is 0 Å². The average molecular weight is 274 g/mol. The van der Waals surface area contributed by atoms with Crippen LogP contribution in [0.15, 0.2) is 42.5 Å². The number of aryl methyl sites for hydroxylation is 1. The molecule has 0 fully saturated rings. The highest BCUT2D eigenvalue weighted by molar-refractivity contribution is 5.34. The van der Waals surface area contributed by atoms with Gasteiger partial charge < -0.3 is 5.73 Å². The molecule has 2 aromatic carbocycles. The van der Waals surface area contributed by atoms with Crippen LogP contribution in [0.5, 0.6) is 0 Å². The molecule has 0 spiro atoms. The van der Waals surface area contributed by atoms with E-state index in [0.29, 0.717) is 17.5 Å². The van der Waals surface area contributed by atoms with Crippen LogP contribution in [0.2, 0.25) is 0 Å². The zero-order valence-corrected chi connectivity index (χ0v) is 11.0. The molecule has 1 unspecified atom stereocenters. The first-order valence-electron chi connectivity index (χ1n) is 6.22. The second kappa shape index (κ2) is 5.79. The van der Waals surface area contributed by atoms with Crippen molar-refractivity contribution in [2.75, 3.05) is 0 Å². The van der Waals surface area contributed by atoms with Gasteiger partial charge in [-0.15, -0.1) is 0 Å². The molecular formula is C15H15FN2O2. The van der Waals surface area contributed by atoms with Crippen LogP contribution < -0.4 is 5.73 Å². The molecule has 2 rings (SSSR count). The number of nitrogens with two attached hydrogens (primary N) is 1. The molecule has 5 heteroatoms. The van der Waals surface area contributed by atoms with Gasteiger partial charge in [0.25, 0.3) is 5.69 Å². The van der Waals surface area contributed by atoms with Crippen LogP contribution in [0.1, 0.15) is 22.7 Å². The molecule has 0 saturated heterocycles. The fourth-order valence-corrected chi connectivity index (χ4v) is 1.97. The van der Waals surface area contributed by atoms with Crippen LogP contribution in [0.3, 0.4) is 0 Å². The van der Waals surface area contributed by atoms with E-state index >= 15 is 0 Å². The summed E-state index contributed by atoms with van der Waals surface area (Å²) in [6.07, 6.45) is 0.500. The molecule has 0 aliphatic rings. The minimum absolute atomic E-state index is 0.0451. The molecule has 0 radical (unpaired) electrons. The Morgan fingerprint density at radius 1 is 1.25 bits per heavy atom. The predicted octanol–water partition coefficient (Wildman–Crippen LogP) is 3.28. The lowest BCUT2D eigenvalue weighted by atomic mass is 9.98. The topological polar surface area (TPSA) is 69.2 Å². The lowest BCUT2D eigenvalue weighted by molar-refractivity contribution is -0.384. The Bertz CT molecular complexity index is 626. The van der Waals surface area contributed by atoms with E-state index in [4.69, 9.17) is 5.73 Å². The molecule has 2 aromatic rings. The molecule has 1 atom stereocenters. The van der Waals surface area contributed by atoms with Gasteiger partial charge in [0.05, 0.1) is 4.92 Å². The summed E-state index contributed by atoms with van der Waals surface area (Å²) in [4.78, 5) is 10.1. The quantitative estimate of drug-likeness (QED) is 0.687. The van der Waals surface area contributed by atoms with Gasteiger partial charge in [0.15, 0.2) is 0 Å². The van der Waals surface area contributed by atoms with Crippen molar-refractivity contribution >= 4 is 5.69 Å². The number of hydrogen-bond donors (Lipinski definition) is 1. The molecule has 0 heterocycles. The van der Waals surface area contributed by atoms with Gasteiger partial charge in [-0.2, -0.15) is 0 Å². The Morgan fingerprint density at radius 3 is 2.45 bits per heavy atom. The largest absolute Gasteiger partial charge is 0.324 e. The molecular weight excluding hydrogens is 259 g/mol. The summed E-state index contributed by atoms with van der Waals surface area (Å²) in [5, 5.41) is 10.6. The van der Waals surface area contributed by atoms with E-state index in [0.717, 1.165) is 5.56 Å². The van der Waals surface area contributed by atoms with Crippen molar-refractivity contribution in [3.05, 3.63) is 75.1 Å². The van der Waals surface area contributed by atoms with Crippen molar-refractivity contribution in [1.82, 2.24) is 0 Å². The van der Waals surface area contributed by atoms with Crippen LogP contribution in [0.4, 0.5) is 10.1 Å². The highest BCUT2D eigenvalue weighted by Gasteiger charge is 2.10. The van der Waals surface area contributed by atoms with Gasteiger partial charge in [-0.05, 0) is 36.1 Å². The van der Waals surface area contributed by atoms with Crippen molar-refractivity contribution in [2.24, 2.45) is 5.73 Å². The Labute approximate surface area is 116 Å². The standard InChI is InChI=1S/C15H15FN2O2/c1-10-2-5-12(9-14(10)16)15(17)8-11-3-6-13(7-4-11)18(19)20/h2-7,9,15H,8,17H2,1H3. The summed E-state index contributed by atoms with van der Waals surface area (Å²) in [6, 6.07) is 10.8. The summed E-state index contributed by atoms with van der Waals surface area (Å²) in [5.41, 5.74) is 8.26. The zero-order valence-electron chi connectivity index (χ0n) is 11.0. The fourth-order valence-electron chi connectivity index (χ4n) is 1.97. The number of nitrogens with zero attached hydrogens (tertiary/aromatic N) is 1. The van der Waals surface area contributed by atoms with E-state index in [1.165, 1.54) is 18.2 Å². The summed E-state index contributed by atoms with van der Waals surface area (Å²) in [7, 11) is 0. The van der Waals surface area contributed by atoms with Crippen LogP contribution in [0, 0.1) is 22.9 Å². The Hall–Kier alpha value is -2.27. The van der Waals surface area contributed by atoms with Crippen LogP contribution in [-0.4, -0.2) is 4.92 Å². The lowest BCUT2D eigenvalue weighted by Gasteiger charge is -2.13. The second-order valence-corrected chi connectivity index (χ2v) is 4.74. The van der Waals surface area contributed by atoms with Crippen LogP contribution >= 0.6 is 0 Å². The molecule has 0 saturated carbocycles. The fraction of sp³-hybridized carbons (Fsp3) is 0.200. The maximum atomic E-state index is 13.5. The highest BCUT2D eigenvalue weighted by Crippen LogP contribution is 2.20. The van der Waals surface area contributed by atoms with Crippen molar-refractivity contribution in [2.45, 2.75) is 19.4 Å². The van der Waals surface area contributed by atoms with Gasteiger partial charge in [-0.1, -0.05) is 24.3 Å². The number of hydrogen-bond acceptors (Lipinski definition) is 3. The van der Waals surface area contributed by atoms with Crippen LogP contribution in [0.25, 0.3) is 0 Å². The second-order valence-electron chi connectivity index (χ2n) is 4.74. The first-order chi connectivity index (χ1) is 9.47. The molecule has 0 aliphatic carbocycles. The van der Waals surface area contributed by atoms with E-state index in [2.05, 4.69) is 0 Å². The first kappa shape index (κ1) is 14.1. The molecule has 20 heavy (non-hydrogen) atoms. The minimum Gasteiger partial charge on any atom is -0.324 e. The molecule has 4 nitrogen and oxygen atoms in total. The smallest absolute Gasteiger partial charge is 0.269 e. The molecule has 0 bridgehead atoms. The number of benzene rings is 2. The third-order valence-corrected chi connectivity index (χ3v) is 3.23. The summed E-state index contributed by atoms with van der Waals surface area (Å²) < 4.78 is 13.5. The van der Waals surface area contributed by atoms with Gasteiger partial charge in [-0.3, -0.25) is 10.1 Å². The maximum Gasteiger partial charge on any atom is 0.269 e. The van der Waals surface area contributed by atoms with Gasteiger partial charge >= 0.3 is 0 Å².